The quantitative estimate of drug-likeness (QED) is 0.923. The van der Waals surface area contributed by atoms with Gasteiger partial charge in [0.15, 0.2) is 0 Å². The summed E-state index contributed by atoms with van der Waals surface area (Å²) in [4.78, 5) is 28.3. The molecular formula is C21H25N3O2. The van der Waals surface area contributed by atoms with Crippen molar-refractivity contribution in [3.8, 4) is 11.1 Å². The number of carbonyl (C=O) groups is 2. The number of hydrogen-bond donors (Lipinski definition) is 1. The summed E-state index contributed by atoms with van der Waals surface area (Å²) in [6.45, 7) is 6.13. The molecule has 1 aliphatic heterocycles. The van der Waals surface area contributed by atoms with Crippen LogP contribution in [0.3, 0.4) is 0 Å². The summed E-state index contributed by atoms with van der Waals surface area (Å²) in [5.41, 5.74) is 2.92. The average molecular weight is 351 g/mol. The highest BCUT2D eigenvalue weighted by Gasteiger charge is 2.25. The molecule has 3 amide bonds. The molecule has 5 heteroatoms. The van der Waals surface area contributed by atoms with Crippen molar-refractivity contribution >= 4 is 11.9 Å². The molecule has 1 saturated heterocycles. The Morgan fingerprint density at radius 3 is 1.92 bits per heavy atom. The number of nitrogens with one attached hydrogen (secondary N) is 1. The first kappa shape index (κ1) is 18.0. The number of benzene rings is 2. The fourth-order valence-electron chi connectivity index (χ4n) is 3.07. The van der Waals surface area contributed by atoms with E-state index in [-0.39, 0.29) is 18.0 Å². The first-order chi connectivity index (χ1) is 12.5. The van der Waals surface area contributed by atoms with Gasteiger partial charge in [0.05, 0.1) is 0 Å². The van der Waals surface area contributed by atoms with E-state index < -0.39 is 0 Å². The lowest BCUT2D eigenvalue weighted by atomic mass is 10.0. The highest BCUT2D eigenvalue weighted by Crippen LogP contribution is 2.20. The molecule has 2 aromatic carbocycles. The van der Waals surface area contributed by atoms with Crippen molar-refractivity contribution in [3.05, 3.63) is 60.2 Å². The van der Waals surface area contributed by atoms with Crippen LogP contribution in [0.2, 0.25) is 0 Å². The van der Waals surface area contributed by atoms with E-state index in [1.807, 2.05) is 61.2 Å². The molecule has 0 saturated carbocycles. The van der Waals surface area contributed by atoms with Crippen LogP contribution in [0.15, 0.2) is 54.6 Å². The Hall–Kier alpha value is -2.82. The van der Waals surface area contributed by atoms with E-state index in [4.69, 9.17) is 0 Å². The third-order valence-electron chi connectivity index (χ3n) is 4.51. The molecule has 1 N–H and O–H groups in total. The van der Waals surface area contributed by atoms with Crippen molar-refractivity contribution in [2.24, 2.45) is 0 Å². The van der Waals surface area contributed by atoms with Gasteiger partial charge in [-0.05, 0) is 37.1 Å². The molecular weight excluding hydrogens is 326 g/mol. The van der Waals surface area contributed by atoms with E-state index in [2.05, 4.69) is 17.4 Å². The lowest BCUT2D eigenvalue weighted by Crippen LogP contribution is -2.54. The second kappa shape index (κ2) is 8.04. The van der Waals surface area contributed by atoms with Gasteiger partial charge in [-0.25, -0.2) is 4.79 Å². The first-order valence-corrected chi connectivity index (χ1v) is 9.05. The summed E-state index contributed by atoms with van der Waals surface area (Å²) in [5, 5.41) is 2.89. The number of nitrogens with zero attached hydrogens (tertiary/aromatic N) is 2. The fourth-order valence-corrected chi connectivity index (χ4v) is 3.07. The third-order valence-corrected chi connectivity index (χ3v) is 4.51. The largest absolute Gasteiger partial charge is 0.336 e. The van der Waals surface area contributed by atoms with Crippen LogP contribution in [-0.2, 0) is 0 Å². The minimum absolute atomic E-state index is 0.0218. The van der Waals surface area contributed by atoms with Crippen molar-refractivity contribution < 1.29 is 9.59 Å². The highest BCUT2D eigenvalue weighted by molar-refractivity contribution is 5.95. The minimum atomic E-state index is -0.0562. The molecule has 26 heavy (non-hydrogen) atoms. The SMILES string of the molecule is CC(C)NC(=O)N1CCN(C(=O)c2ccc(-c3ccccc3)cc2)CC1. The summed E-state index contributed by atoms with van der Waals surface area (Å²) < 4.78 is 0. The maximum atomic E-state index is 12.7. The number of rotatable bonds is 3. The lowest BCUT2D eigenvalue weighted by Gasteiger charge is -2.35. The topological polar surface area (TPSA) is 52.7 Å². The second-order valence-corrected chi connectivity index (χ2v) is 6.83. The Bertz CT molecular complexity index is 749. The molecule has 0 aliphatic carbocycles. The third kappa shape index (κ3) is 4.23. The van der Waals surface area contributed by atoms with Gasteiger partial charge < -0.3 is 15.1 Å². The van der Waals surface area contributed by atoms with Crippen molar-refractivity contribution in [1.82, 2.24) is 15.1 Å². The van der Waals surface area contributed by atoms with Crippen molar-refractivity contribution in [1.29, 1.82) is 0 Å². The number of amides is 3. The Morgan fingerprint density at radius 2 is 1.35 bits per heavy atom. The predicted molar refractivity (Wildman–Crippen MR) is 103 cm³/mol. The molecule has 0 spiro atoms. The second-order valence-electron chi connectivity index (χ2n) is 6.83. The van der Waals surface area contributed by atoms with Gasteiger partial charge in [0.1, 0.15) is 0 Å². The zero-order chi connectivity index (χ0) is 18.5. The summed E-state index contributed by atoms with van der Waals surface area (Å²) in [6.07, 6.45) is 0. The fraction of sp³-hybridized carbons (Fsp3) is 0.333. The Morgan fingerprint density at radius 1 is 0.808 bits per heavy atom. The highest BCUT2D eigenvalue weighted by atomic mass is 16.2. The zero-order valence-corrected chi connectivity index (χ0v) is 15.3. The van der Waals surface area contributed by atoms with E-state index in [0.717, 1.165) is 11.1 Å². The summed E-state index contributed by atoms with van der Waals surface area (Å²) >= 11 is 0. The van der Waals surface area contributed by atoms with Gasteiger partial charge in [0.25, 0.3) is 5.91 Å². The number of hydrogen-bond acceptors (Lipinski definition) is 2. The van der Waals surface area contributed by atoms with Gasteiger partial charge >= 0.3 is 6.03 Å². The Labute approximate surface area is 154 Å². The molecule has 0 radical (unpaired) electrons. The van der Waals surface area contributed by atoms with Crippen LogP contribution < -0.4 is 5.32 Å². The van der Waals surface area contributed by atoms with Gasteiger partial charge in [-0.1, -0.05) is 42.5 Å². The lowest BCUT2D eigenvalue weighted by molar-refractivity contribution is 0.0664. The molecule has 136 valence electrons. The van der Waals surface area contributed by atoms with E-state index in [0.29, 0.717) is 31.7 Å². The van der Waals surface area contributed by atoms with Crippen LogP contribution in [0.25, 0.3) is 11.1 Å². The minimum Gasteiger partial charge on any atom is -0.336 e. The molecule has 2 aromatic rings. The average Bonchev–Trinajstić information content (AvgIpc) is 2.68. The van der Waals surface area contributed by atoms with Crippen molar-refractivity contribution in [3.63, 3.8) is 0 Å². The maximum absolute atomic E-state index is 12.7. The van der Waals surface area contributed by atoms with Crippen LogP contribution in [-0.4, -0.2) is 54.0 Å². The van der Waals surface area contributed by atoms with Crippen molar-refractivity contribution in [2.45, 2.75) is 19.9 Å². The van der Waals surface area contributed by atoms with Crippen LogP contribution in [0.5, 0.6) is 0 Å². The maximum Gasteiger partial charge on any atom is 0.317 e. The zero-order valence-electron chi connectivity index (χ0n) is 15.3. The molecule has 0 bridgehead atoms. The monoisotopic (exact) mass is 351 g/mol. The smallest absolute Gasteiger partial charge is 0.317 e. The number of urea groups is 1. The molecule has 1 aliphatic rings. The van der Waals surface area contributed by atoms with Gasteiger partial charge in [0.2, 0.25) is 0 Å². The number of piperazine rings is 1. The van der Waals surface area contributed by atoms with E-state index >= 15 is 0 Å². The predicted octanol–water partition coefficient (Wildman–Crippen LogP) is 3.23. The van der Waals surface area contributed by atoms with E-state index in [9.17, 15) is 9.59 Å². The van der Waals surface area contributed by atoms with E-state index in [1.165, 1.54) is 0 Å². The first-order valence-electron chi connectivity index (χ1n) is 9.05. The van der Waals surface area contributed by atoms with Crippen molar-refractivity contribution in [2.75, 3.05) is 26.2 Å². The van der Waals surface area contributed by atoms with Crippen LogP contribution in [0.1, 0.15) is 24.2 Å². The normalized spacial score (nSPS) is 14.4. The Kier molecular flexibility index (Phi) is 5.56. The van der Waals surface area contributed by atoms with Crippen LogP contribution in [0, 0.1) is 0 Å². The van der Waals surface area contributed by atoms with E-state index in [1.54, 1.807) is 4.90 Å². The van der Waals surface area contributed by atoms with Gasteiger partial charge in [-0.3, -0.25) is 4.79 Å². The molecule has 0 atom stereocenters. The number of carbonyl (C=O) groups excluding carboxylic acids is 2. The summed E-state index contributed by atoms with van der Waals surface area (Å²) in [7, 11) is 0. The molecule has 5 nitrogen and oxygen atoms in total. The molecule has 1 heterocycles. The van der Waals surface area contributed by atoms with Crippen LogP contribution >= 0.6 is 0 Å². The standard InChI is InChI=1S/C21H25N3O2/c1-16(2)22-21(26)24-14-12-23(13-15-24)20(25)19-10-8-18(9-11-19)17-6-4-3-5-7-17/h3-11,16H,12-15H2,1-2H3,(H,22,26). The molecule has 3 rings (SSSR count). The molecule has 1 fully saturated rings. The van der Waals surface area contributed by atoms with Gasteiger partial charge in [-0.2, -0.15) is 0 Å². The van der Waals surface area contributed by atoms with Crippen LogP contribution in [0.4, 0.5) is 4.79 Å². The van der Waals surface area contributed by atoms with Gasteiger partial charge in [0, 0.05) is 37.8 Å². The molecule has 0 unspecified atom stereocenters. The summed E-state index contributed by atoms with van der Waals surface area (Å²) in [6, 6.07) is 17.9. The Balaban J connectivity index is 1.59. The molecule has 0 aromatic heterocycles. The summed E-state index contributed by atoms with van der Waals surface area (Å²) in [5.74, 6) is 0.0218. The van der Waals surface area contributed by atoms with Gasteiger partial charge in [-0.15, -0.1) is 0 Å².